The number of aliphatic imine (C=N–C) groups is 1. The predicted molar refractivity (Wildman–Crippen MR) is 96.3 cm³/mol. The number of sulfone groups is 1. The molecular weight excluding hydrogens is 298 g/mol. The van der Waals surface area contributed by atoms with Crippen molar-refractivity contribution in [3.63, 3.8) is 0 Å². The molecule has 0 bridgehead atoms. The molecule has 0 rings (SSSR count). The molecule has 0 aromatic heterocycles. The molecule has 5 nitrogen and oxygen atoms in total. The molecular formula is C16H35N3O2S. The maximum Gasteiger partial charge on any atom is 0.191 e. The van der Waals surface area contributed by atoms with Gasteiger partial charge in [0.15, 0.2) is 15.8 Å². The first-order valence-electron chi connectivity index (χ1n) is 8.41. The second-order valence-corrected chi connectivity index (χ2v) is 9.60. The summed E-state index contributed by atoms with van der Waals surface area (Å²) in [6, 6.07) is 0.337. The Hall–Kier alpha value is -0.780. The van der Waals surface area contributed by atoms with Crippen LogP contribution in [0.2, 0.25) is 0 Å². The van der Waals surface area contributed by atoms with Gasteiger partial charge in [-0.1, -0.05) is 26.2 Å². The van der Waals surface area contributed by atoms with E-state index in [1.807, 2.05) is 6.92 Å². The van der Waals surface area contributed by atoms with E-state index in [0.717, 1.165) is 13.0 Å². The minimum atomic E-state index is -3.12. The molecule has 0 saturated carbocycles. The van der Waals surface area contributed by atoms with Crippen molar-refractivity contribution in [1.29, 1.82) is 0 Å². The van der Waals surface area contributed by atoms with E-state index in [0.29, 0.717) is 12.0 Å². The van der Waals surface area contributed by atoms with Crippen molar-refractivity contribution in [2.75, 3.05) is 18.8 Å². The number of hydrogen-bond donors (Lipinski definition) is 2. The van der Waals surface area contributed by atoms with Crippen LogP contribution in [0.1, 0.15) is 67.2 Å². The van der Waals surface area contributed by atoms with Crippen molar-refractivity contribution in [1.82, 2.24) is 10.6 Å². The van der Waals surface area contributed by atoms with Crippen molar-refractivity contribution < 1.29 is 8.42 Å². The fraction of sp³-hybridized carbons (Fsp3) is 0.938. The van der Waals surface area contributed by atoms with Gasteiger partial charge in [0.2, 0.25) is 0 Å². The lowest BCUT2D eigenvalue weighted by molar-refractivity contribution is 0.546. The van der Waals surface area contributed by atoms with Crippen LogP contribution in [0.3, 0.4) is 0 Å². The van der Waals surface area contributed by atoms with Crippen LogP contribution in [0.25, 0.3) is 0 Å². The van der Waals surface area contributed by atoms with Gasteiger partial charge in [0.1, 0.15) is 0 Å². The summed E-state index contributed by atoms with van der Waals surface area (Å²) < 4.78 is 23.4. The number of nitrogens with zero attached hydrogens (tertiary/aromatic N) is 1. The van der Waals surface area contributed by atoms with Gasteiger partial charge in [0.25, 0.3) is 0 Å². The van der Waals surface area contributed by atoms with Gasteiger partial charge < -0.3 is 10.6 Å². The molecule has 6 heteroatoms. The Bertz CT molecular complexity index is 425. The van der Waals surface area contributed by atoms with Crippen molar-refractivity contribution >= 4 is 15.8 Å². The van der Waals surface area contributed by atoms with Crippen LogP contribution < -0.4 is 10.6 Å². The maximum absolute atomic E-state index is 12.1. The summed E-state index contributed by atoms with van der Waals surface area (Å²) in [5, 5.41) is 6.52. The van der Waals surface area contributed by atoms with E-state index in [-0.39, 0.29) is 12.3 Å². The van der Waals surface area contributed by atoms with Crippen LogP contribution in [0, 0.1) is 0 Å². The normalized spacial score (nSPS) is 14.7. The van der Waals surface area contributed by atoms with Crippen LogP contribution in [0.4, 0.5) is 0 Å². The Labute approximate surface area is 137 Å². The van der Waals surface area contributed by atoms with Gasteiger partial charge in [0.05, 0.1) is 17.0 Å². The van der Waals surface area contributed by atoms with E-state index >= 15 is 0 Å². The molecule has 0 aliphatic carbocycles. The van der Waals surface area contributed by atoms with Gasteiger partial charge in [-0.3, -0.25) is 4.99 Å². The zero-order chi connectivity index (χ0) is 17.2. The van der Waals surface area contributed by atoms with Gasteiger partial charge in [0, 0.05) is 12.6 Å². The molecule has 1 unspecified atom stereocenters. The largest absolute Gasteiger partial charge is 0.357 e. The van der Waals surface area contributed by atoms with E-state index in [9.17, 15) is 8.42 Å². The summed E-state index contributed by atoms with van der Waals surface area (Å²) in [5.41, 5.74) is 0. The molecule has 0 aliphatic rings. The predicted octanol–water partition coefficient (Wildman–Crippen LogP) is 2.72. The molecule has 0 spiro atoms. The molecule has 0 aromatic carbocycles. The minimum Gasteiger partial charge on any atom is -0.357 e. The Morgan fingerprint density at radius 3 is 2.32 bits per heavy atom. The van der Waals surface area contributed by atoms with Crippen LogP contribution in [-0.4, -0.2) is 44.0 Å². The lowest BCUT2D eigenvalue weighted by Crippen LogP contribution is -2.42. The Morgan fingerprint density at radius 1 is 1.18 bits per heavy atom. The molecule has 132 valence electrons. The SMILES string of the molecule is CCCCCC(C)NC(=NCCS(=O)(=O)C(C)(C)C)NCC. The fourth-order valence-electron chi connectivity index (χ4n) is 1.91. The van der Waals surface area contributed by atoms with E-state index in [1.165, 1.54) is 19.3 Å². The van der Waals surface area contributed by atoms with Gasteiger partial charge >= 0.3 is 0 Å². The number of rotatable bonds is 9. The lowest BCUT2D eigenvalue weighted by Gasteiger charge is -2.20. The molecule has 0 aromatic rings. The lowest BCUT2D eigenvalue weighted by atomic mass is 10.1. The van der Waals surface area contributed by atoms with E-state index < -0.39 is 14.6 Å². The van der Waals surface area contributed by atoms with Gasteiger partial charge in [-0.05, 0) is 41.0 Å². The first kappa shape index (κ1) is 21.2. The average Bonchev–Trinajstić information content (AvgIpc) is 2.37. The number of nitrogens with one attached hydrogen (secondary N) is 2. The average molecular weight is 334 g/mol. The van der Waals surface area contributed by atoms with Crippen molar-refractivity contribution in [3.05, 3.63) is 0 Å². The maximum atomic E-state index is 12.1. The molecule has 22 heavy (non-hydrogen) atoms. The van der Waals surface area contributed by atoms with E-state index in [4.69, 9.17) is 0 Å². The third kappa shape index (κ3) is 8.61. The van der Waals surface area contributed by atoms with Crippen LogP contribution in [0.5, 0.6) is 0 Å². The highest BCUT2D eigenvalue weighted by Crippen LogP contribution is 2.15. The molecule has 0 fully saturated rings. The number of hydrogen-bond acceptors (Lipinski definition) is 3. The Kier molecular flexibility index (Phi) is 9.72. The third-order valence-electron chi connectivity index (χ3n) is 3.53. The fourth-order valence-corrected chi connectivity index (χ4v) is 2.85. The first-order valence-corrected chi connectivity index (χ1v) is 10.1. The topological polar surface area (TPSA) is 70.6 Å². The zero-order valence-corrected chi connectivity index (χ0v) is 16.0. The smallest absolute Gasteiger partial charge is 0.191 e. The second kappa shape index (κ2) is 10.1. The van der Waals surface area contributed by atoms with Crippen LogP contribution in [-0.2, 0) is 9.84 Å². The highest BCUT2D eigenvalue weighted by Gasteiger charge is 2.28. The van der Waals surface area contributed by atoms with Crippen LogP contribution >= 0.6 is 0 Å². The van der Waals surface area contributed by atoms with Crippen molar-refractivity contribution in [2.24, 2.45) is 4.99 Å². The summed E-state index contributed by atoms with van der Waals surface area (Å²) in [6.45, 7) is 12.6. The van der Waals surface area contributed by atoms with E-state index in [2.05, 4.69) is 29.5 Å². The summed E-state index contributed by atoms with van der Waals surface area (Å²) in [7, 11) is -3.12. The molecule has 2 N–H and O–H groups in total. The summed E-state index contributed by atoms with van der Waals surface area (Å²) in [6.07, 6.45) is 4.75. The molecule has 1 atom stereocenters. The monoisotopic (exact) mass is 333 g/mol. The summed E-state index contributed by atoms with van der Waals surface area (Å²) >= 11 is 0. The Morgan fingerprint density at radius 2 is 1.82 bits per heavy atom. The summed E-state index contributed by atoms with van der Waals surface area (Å²) in [4.78, 5) is 4.40. The molecule has 0 saturated heterocycles. The highest BCUT2D eigenvalue weighted by atomic mass is 32.2. The van der Waals surface area contributed by atoms with Gasteiger partial charge in [-0.2, -0.15) is 0 Å². The third-order valence-corrected chi connectivity index (χ3v) is 6.12. The van der Waals surface area contributed by atoms with Gasteiger partial charge in [-0.25, -0.2) is 8.42 Å². The van der Waals surface area contributed by atoms with Crippen molar-refractivity contribution in [3.8, 4) is 0 Å². The molecule has 0 aliphatic heterocycles. The van der Waals surface area contributed by atoms with Gasteiger partial charge in [-0.15, -0.1) is 0 Å². The van der Waals surface area contributed by atoms with Crippen molar-refractivity contribution in [2.45, 2.75) is 78.0 Å². The first-order chi connectivity index (χ1) is 10.1. The summed E-state index contributed by atoms with van der Waals surface area (Å²) in [5.74, 6) is 0.785. The molecule has 0 amide bonds. The Balaban J connectivity index is 4.49. The quantitative estimate of drug-likeness (QED) is 0.387. The van der Waals surface area contributed by atoms with E-state index in [1.54, 1.807) is 20.8 Å². The number of unbranched alkanes of at least 4 members (excludes halogenated alkanes) is 2. The molecule has 0 heterocycles. The number of guanidine groups is 1. The highest BCUT2D eigenvalue weighted by molar-refractivity contribution is 7.92. The standard InChI is InChI=1S/C16H35N3O2S/c1-7-9-10-11-14(3)19-15(17-8-2)18-12-13-22(20,21)16(4,5)6/h14H,7-13H2,1-6H3,(H2,17,18,19). The second-order valence-electron chi connectivity index (χ2n) is 6.73. The zero-order valence-electron chi connectivity index (χ0n) is 15.2. The molecule has 0 radical (unpaired) electrons. The van der Waals surface area contributed by atoms with Crippen LogP contribution in [0.15, 0.2) is 4.99 Å². The minimum absolute atomic E-state index is 0.0806.